The SMILES string of the molecule is CC(C)CC(NC(=O)CNC(=O)C(Cc1cnc[nH]1)NC(=O)C(N)Cc1cnc[nH]1)C(=O)O. The van der Waals surface area contributed by atoms with E-state index in [4.69, 9.17) is 5.73 Å². The van der Waals surface area contributed by atoms with Gasteiger partial charge in [-0.05, 0) is 12.3 Å². The van der Waals surface area contributed by atoms with Crippen molar-refractivity contribution < 1.29 is 24.3 Å². The third kappa shape index (κ3) is 8.73. The van der Waals surface area contributed by atoms with Crippen LogP contribution in [0.5, 0.6) is 0 Å². The summed E-state index contributed by atoms with van der Waals surface area (Å²) in [6.45, 7) is 3.23. The van der Waals surface area contributed by atoms with Crippen molar-refractivity contribution in [1.82, 2.24) is 35.9 Å². The summed E-state index contributed by atoms with van der Waals surface area (Å²) in [4.78, 5) is 62.2. The fourth-order valence-corrected chi connectivity index (χ4v) is 3.06. The number of hydrogen-bond acceptors (Lipinski definition) is 7. The summed E-state index contributed by atoms with van der Waals surface area (Å²) in [5, 5.41) is 16.7. The van der Waals surface area contributed by atoms with Crippen LogP contribution in [0.2, 0.25) is 0 Å². The van der Waals surface area contributed by atoms with Crippen LogP contribution in [0.15, 0.2) is 25.0 Å². The summed E-state index contributed by atoms with van der Waals surface area (Å²) in [7, 11) is 0. The molecule has 0 aliphatic carbocycles. The number of carbonyl (C=O) groups is 4. The third-order valence-corrected chi connectivity index (χ3v) is 4.71. The molecule has 13 nitrogen and oxygen atoms in total. The van der Waals surface area contributed by atoms with Gasteiger partial charge in [-0.25, -0.2) is 14.8 Å². The first-order chi connectivity index (χ1) is 15.7. The Morgan fingerprint density at radius 1 is 0.970 bits per heavy atom. The van der Waals surface area contributed by atoms with E-state index in [0.717, 1.165) is 0 Å². The Bertz CT molecular complexity index is 913. The number of aromatic amines is 2. The molecule has 33 heavy (non-hydrogen) atoms. The van der Waals surface area contributed by atoms with E-state index < -0.39 is 48.4 Å². The van der Waals surface area contributed by atoms with E-state index in [1.54, 1.807) is 6.20 Å². The molecule has 0 bridgehead atoms. The van der Waals surface area contributed by atoms with Gasteiger partial charge >= 0.3 is 5.97 Å². The van der Waals surface area contributed by atoms with E-state index >= 15 is 0 Å². The zero-order chi connectivity index (χ0) is 24.4. The van der Waals surface area contributed by atoms with Crippen LogP contribution >= 0.6 is 0 Å². The van der Waals surface area contributed by atoms with E-state index in [9.17, 15) is 24.3 Å². The fourth-order valence-electron chi connectivity index (χ4n) is 3.06. The predicted octanol–water partition coefficient (Wildman–Crippen LogP) is -1.54. The number of H-pyrrole nitrogens is 2. The molecule has 0 aliphatic rings. The Labute approximate surface area is 190 Å². The number of hydrogen-bond donors (Lipinski definition) is 7. The van der Waals surface area contributed by atoms with E-state index in [1.807, 2.05) is 13.8 Å². The van der Waals surface area contributed by atoms with Crippen molar-refractivity contribution >= 4 is 23.7 Å². The lowest BCUT2D eigenvalue weighted by Gasteiger charge is -2.21. The minimum Gasteiger partial charge on any atom is -0.480 e. The second-order valence-electron chi connectivity index (χ2n) is 8.04. The highest BCUT2D eigenvalue weighted by molar-refractivity contribution is 5.92. The molecule has 0 saturated heterocycles. The summed E-state index contributed by atoms with van der Waals surface area (Å²) in [5.41, 5.74) is 7.20. The first-order valence-corrected chi connectivity index (χ1v) is 10.5. The van der Waals surface area contributed by atoms with Crippen LogP contribution in [0.3, 0.4) is 0 Å². The Hall–Kier alpha value is -3.74. The van der Waals surface area contributed by atoms with Crippen molar-refractivity contribution in [2.45, 2.75) is 51.2 Å². The molecule has 0 aliphatic heterocycles. The van der Waals surface area contributed by atoms with Gasteiger partial charge in [-0.15, -0.1) is 0 Å². The molecule has 13 heteroatoms. The van der Waals surface area contributed by atoms with Crippen molar-refractivity contribution in [1.29, 1.82) is 0 Å². The lowest BCUT2D eigenvalue weighted by molar-refractivity contribution is -0.142. The molecule has 0 saturated carbocycles. The number of nitrogens with two attached hydrogens (primary N) is 1. The molecular weight excluding hydrogens is 432 g/mol. The van der Waals surface area contributed by atoms with E-state index in [2.05, 4.69) is 35.9 Å². The van der Waals surface area contributed by atoms with Gasteiger partial charge in [-0.2, -0.15) is 0 Å². The van der Waals surface area contributed by atoms with Crippen LogP contribution in [0.25, 0.3) is 0 Å². The number of nitrogens with one attached hydrogen (secondary N) is 5. The largest absolute Gasteiger partial charge is 0.480 e. The highest BCUT2D eigenvalue weighted by Crippen LogP contribution is 2.05. The molecule has 2 rings (SSSR count). The number of aromatic nitrogens is 4. The van der Waals surface area contributed by atoms with E-state index in [0.29, 0.717) is 11.4 Å². The topological polar surface area (TPSA) is 208 Å². The smallest absolute Gasteiger partial charge is 0.326 e. The molecule has 180 valence electrons. The van der Waals surface area contributed by atoms with Crippen molar-refractivity contribution in [3.8, 4) is 0 Å². The van der Waals surface area contributed by atoms with Crippen molar-refractivity contribution in [3.05, 3.63) is 36.4 Å². The van der Waals surface area contributed by atoms with Gasteiger partial charge in [-0.1, -0.05) is 13.8 Å². The average Bonchev–Trinajstić information content (AvgIpc) is 3.44. The number of carboxylic acids is 1. The first-order valence-electron chi connectivity index (χ1n) is 10.5. The van der Waals surface area contributed by atoms with Crippen LogP contribution < -0.4 is 21.7 Å². The molecule has 2 aromatic rings. The Kier molecular flexibility index (Phi) is 9.54. The van der Waals surface area contributed by atoms with E-state index in [1.165, 1.54) is 18.9 Å². The van der Waals surface area contributed by atoms with Crippen LogP contribution in [0.1, 0.15) is 31.7 Å². The maximum Gasteiger partial charge on any atom is 0.326 e. The molecule has 0 radical (unpaired) electrons. The number of nitrogens with zero attached hydrogens (tertiary/aromatic N) is 2. The van der Waals surface area contributed by atoms with E-state index in [-0.39, 0.29) is 25.2 Å². The molecule has 3 unspecified atom stereocenters. The number of aliphatic carboxylic acids is 1. The van der Waals surface area contributed by atoms with Crippen molar-refractivity contribution in [2.75, 3.05) is 6.54 Å². The van der Waals surface area contributed by atoms with Gasteiger partial charge < -0.3 is 36.8 Å². The fraction of sp³-hybridized carbons (Fsp3) is 0.500. The maximum atomic E-state index is 12.7. The summed E-state index contributed by atoms with van der Waals surface area (Å²) >= 11 is 0. The zero-order valence-corrected chi connectivity index (χ0v) is 18.5. The normalized spacial score (nSPS) is 13.7. The highest BCUT2D eigenvalue weighted by atomic mass is 16.4. The average molecular weight is 463 g/mol. The Morgan fingerprint density at radius 3 is 2.09 bits per heavy atom. The Balaban J connectivity index is 1.96. The van der Waals surface area contributed by atoms with Gasteiger partial charge in [0.15, 0.2) is 0 Å². The molecule has 2 aromatic heterocycles. The van der Waals surface area contributed by atoms with Gasteiger partial charge in [0, 0.05) is 36.6 Å². The number of carbonyl (C=O) groups excluding carboxylic acids is 3. The van der Waals surface area contributed by atoms with Gasteiger partial charge in [0.05, 0.1) is 25.2 Å². The van der Waals surface area contributed by atoms with Crippen LogP contribution in [0, 0.1) is 5.92 Å². The quantitative estimate of drug-likeness (QED) is 0.185. The summed E-state index contributed by atoms with van der Waals surface area (Å²) in [6.07, 6.45) is 6.49. The molecular formula is C20H30N8O5. The molecule has 2 heterocycles. The summed E-state index contributed by atoms with van der Waals surface area (Å²) < 4.78 is 0. The number of amides is 3. The molecule has 0 spiro atoms. The maximum absolute atomic E-state index is 12.7. The minimum atomic E-state index is -1.15. The molecule has 0 aromatic carbocycles. The van der Waals surface area contributed by atoms with Crippen LogP contribution in [-0.4, -0.2) is 73.4 Å². The Morgan fingerprint density at radius 2 is 1.58 bits per heavy atom. The third-order valence-electron chi connectivity index (χ3n) is 4.71. The highest BCUT2D eigenvalue weighted by Gasteiger charge is 2.26. The monoisotopic (exact) mass is 462 g/mol. The summed E-state index contributed by atoms with van der Waals surface area (Å²) in [6, 6.07) is -3.03. The number of rotatable bonds is 13. The van der Waals surface area contributed by atoms with Gasteiger partial charge in [0.1, 0.15) is 12.1 Å². The number of carboxylic acid groups (broad SMARTS) is 1. The second kappa shape index (κ2) is 12.3. The predicted molar refractivity (Wildman–Crippen MR) is 117 cm³/mol. The lowest BCUT2D eigenvalue weighted by atomic mass is 10.0. The van der Waals surface area contributed by atoms with Crippen molar-refractivity contribution in [2.24, 2.45) is 11.7 Å². The minimum absolute atomic E-state index is 0.0564. The van der Waals surface area contributed by atoms with Gasteiger partial charge in [-0.3, -0.25) is 14.4 Å². The van der Waals surface area contributed by atoms with Crippen LogP contribution in [-0.2, 0) is 32.0 Å². The molecule has 0 fully saturated rings. The van der Waals surface area contributed by atoms with Gasteiger partial charge in [0.2, 0.25) is 17.7 Å². The second-order valence-corrected chi connectivity index (χ2v) is 8.04. The van der Waals surface area contributed by atoms with Crippen molar-refractivity contribution in [3.63, 3.8) is 0 Å². The summed E-state index contributed by atoms with van der Waals surface area (Å²) in [5.74, 6) is -2.94. The van der Waals surface area contributed by atoms with Gasteiger partial charge in [0.25, 0.3) is 0 Å². The standard InChI is InChI=1S/C20H30N8O5/c1-11(2)3-16(20(32)33)27-17(29)8-24-19(31)15(5-13-7-23-10-26-13)28-18(30)14(21)4-12-6-22-9-25-12/h6-7,9-11,14-16H,3-5,8,21H2,1-2H3,(H,22,25)(H,23,26)(H,24,31)(H,27,29)(H,28,30)(H,32,33). The molecule has 8 N–H and O–H groups in total. The lowest BCUT2D eigenvalue weighted by Crippen LogP contribution is -2.54. The molecule has 3 amide bonds. The number of imidazole rings is 2. The van der Waals surface area contributed by atoms with Crippen LogP contribution in [0.4, 0.5) is 0 Å². The molecule has 3 atom stereocenters. The zero-order valence-electron chi connectivity index (χ0n) is 18.5. The first kappa shape index (κ1) is 25.5.